The summed E-state index contributed by atoms with van der Waals surface area (Å²) in [6, 6.07) is 13.2. The first kappa shape index (κ1) is 23.1. The summed E-state index contributed by atoms with van der Waals surface area (Å²) < 4.78 is 10.9. The van der Waals surface area contributed by atoms with E-state index in [1.54, 1.807) is 31.2 Å². The molecular weight excluding hydrogens is 428 g/mol. The fourth-order valence-electron chi connectivity index (χ4n) is 2.67. The Kier molecular flexibility index (Phi) is 7.43. The van der Waals surface area contributed by atoms with Gasteiger partial charge in [0.1, 0.15) is 0 Å². The van der Waals surface area contributed by atoms with Gasteiger partial charge in [0.25, 0.3) is 11.6 Å². The lowest BCUT2D eigenvalue weighted by atomic mass is 10.2. The second-order valence-corrected chi connectivity index (χ2v) is 6.72. The predicted octanol–water partition coefficient (Wildman–Crippen LogP) is 3.68. The van der Waals surface area contributed by atoms with Crippen molar-refractivity contribution in [1.82, 2.24) is 10.4 Å². The Labute approximate surface area is 189 Å². The third kappa shape index (κ3) is 6.20. The van der Waals surface area contributed by atoms with Crippen molar-refractivity contribution in [3.05, 3.63) is 93.3 Å². The second kappa shape index (κ2) is 10.6. The van der Waals surface area contributed by atoms with Crippen molar-refractivity contribution >= 4 is 23.8 Å². The fraction of sp³-hybridized carbons (Fsp3) is 0.130. The molecule has 0 aliphatic carbocycles. The zero-order valence-corrected chi connectivity index (χ0v) is 17.8. The molecule has 2 aromatic carbocycles. The highest BCUT2D eigenvalue weighted by molar-refractivity contribution is 5.95. The summed E-state index contributed by atoms with van der Waals surface area (Å²) in [7, 11) is 0. The van der Waals surface area contributed by atoms with E-state index in [9.17, 15) is 19.7 Å². The van der Waals surface area contributed by atoms with E-state index in [4.69, 9.17) is 9.47 Å². The number of amides is 1. The van der Waals surface area contributed by atoms with E-state index in [0.29, 0.717) is 23.5 Å². The van der Waals surface area contributed by atoms with Crippen molar-refractivity contribution < 1.29 is 24.0 Å². The summed E-state index contributed by atoms with van der Waals surface area (Å²) in [5.74, 6) is -0.624. The predicted molar refractivity (Wildman–Crippen MR) is 120 cm³/mol. The van der Waals surface area contributed by atoms with Gasteiger partial charge in [0.15, 0.2) is 11.5 Å². The largest absolute Gasteiger partial charge is 0.490 e. The molecule has 1 amide bonds. The van der Waals surface area contributed by atoms with Gasteiger partial charge in [-0.25, -0.2) is 10.2 Å². The van der Waals surface area contributed by atoms with Crippen LogP contribution in [0, 0.1) is 17.0 Å². The van der Waals surface area contributed by atoms with Crippen molar-refractivity contribution in [1.29, 1.82) is 0 Å². The maximum Gasteiger partial charge on any atom is 0.343 e. The summed E-state index contributed by atoms with van der Waals surface area (Å²) in [6.07, 6.45) is 2.88. The number of nitrogens with zero attached hydrogens (tertiary/aromatic N) is 3. The molecule has 0 saturated heterocycles. The molecule has 1 heterocycles. The number of hydrazone groups is 1. The number of benzene rings is 2. The molecule has 1 aromatic heterocycles. The standard InChI is InChI=1S/C23H20N4O6/c1-3-32-21-12-16(13-25-26-22(28)18-6-4-15(2)24-14-18)5-11-20(21)33-23(29)17-7-9-19(10-8-17)27(30)31/h4-14H,3H2,1-2H3,(H,26,28)/b25-13-. The molecule has 33 heavy (non-hydrogen) atoms. The number of ether oxygens (including phenoxy) is 2. The quantitative estimate of drug-likeness (QED) is 0.183. The fourth-order valence-corrected chi connectivity index (χ4v) is 2.67. The van der Waals surface area contributed by atoms with Crippen LogP contribution in [0.4, 0.5) is 5.69 Å². The number of carbonyl (C=O) groups is 2. The highest BCUT2D eigenvalue weighted by Gasteiger charge is 2.15. The zero-order valence-electron chi connectivity index (χ0n) is 17.8. The SMILES string of the molecule is CCOc1cc(/C=N\NC(=O)c2ccc(C)nc2)ccc1OC(=O)c1ccc([N+](=O)[O-])cc1. The lowest BCUT2D eigenvalue weighted by Gasteiger charge is -2.11. The van der Waals surface area contributed by atoms with Crippen LogP contribution in [0.2, 0.25) is 0 Å². The van der Waals surface area contributed by atoms with Crippen LogP contribution in [0.3, 0.4) is 0 Å². The number of hydrogen-bond donors (Lipinski definition) is 1. The number of rotatable bonds is 8. The van der Waals surface area contributed by atoms with Crippen LogP contribution in [0.1, 0.15) is 38.9 Å². The zero-order chi connectivity index (χ0) is 23.8. The van der Waals surface area contributed by atoms with Crippen LogP contribution < -0.4 is 14.9 Å². The van der Waals surface area contributed by atoms with E-state index in [0.717, 1.165) is 5.69 Å². The number of nitro benzene ring substituents is 1. The van der Waals surface area contributed by atoms with E-state index < -0.39 is 16.8 Å². The number of aromatic nitrogens is 1. The van der Waals surface area contributed by atoms with E-state index >= 15 is 0 Å². The van der Waals surface area contributed by atoms with E-state index in [1.807, 2.05) is 6.92 Å². The van der Waals surface area contributed by atoms with Crippen LogP contribution in [0.15, 0.2) is 65.9 Å². The van der Waals surface area contributed by atoms with Crippen molar-refractivity contribution in [2.24, 2.45) is 5.10 Å². The molecule has 0 radical (unpaired) electrons. The van der Waals surface area contributed by atoms with Gasteiger partial charge in [0.2, 0.25) is 0 Å². The Bertz CT molecular complexity index is 1190. The van der Waals surface area contributed by atoms with Crippen LogP contribution in [-0.4, -0.2) is 34.6 Å². The van der Waals surface area contributed by atoms with Gasteiger partial charge < -0.3 is 9.47 Å². The molecule has 168 valence electrons. The van der Waals surface area contributed by atoms with Gasteiger partial charge in [-0.15, -0.1) is 0 Å². The van der Waals surface area contributed by atoms with Crippen LogP contribution in [-0.2, 0) is 0 Å². The number of esters is 1. The summed E-state index contributed by atoms with van der Waals surface area (Å²) >= 11 is 0. The lowest BCUT2D eigenvalue weighted by molar-refractivity contribution is -0.384. The van der Waals surface area contributed by atoms with Gasteiger partial charge in [-0.05, 0) is 61.9 Å². The average Bonchev–Trinajstić information content (AvgIpc) is 2.81. The molecular formula is C23H20N4O6. The molecule has 0 spiro atoms. The van der Waals surface area contributed by atoms with E-state index in [2.05, 4.69) is 15.5 Å². The minimum atomic E-state index is -0.689. The molecule has 0 aliphatic heterocycles. The Balaban J connectivity index is 1.69. The Morgan fingerprint density at radius 2 is 1.82 bits per heavy atom. The molecule has 0 unspecified atom stereocenters. The second-order valence-electron chi connectivity index (χ2n) is 6.72. The van der Waals surface area contributed by atoms with Gasteiger partial charge in [-0.3, -0.25) is 19.9 Å². The average molecular weight is 448 g/mol. The van der Waals surface area contributed by atoms with Gasteiger partial charge >= 0.3 is 5.97 Å². The molecule has 0 saturated carbocycles. The maximum absolute atomic E-state index is 12.4. The number of aryl methyl sites for hydroxylation is 1. The summed E-state index contributed by atoms with van der Waals surface area (Å²) in [5.41, 5.74) is 4.21. The Hall–Kier alpha value is -4.60. The molecule has 0 aliphatic rings. The molecule has 3 rings (SSSR count). The highest BCUT2D eigenvalue weighted by Crippen LogP contribution is 2.29. The number of nitro groups is 1. The molecule has 10 heteroatoms. The number of pyridine rings is 1. The van der Waals surface area contributed by atoms with Gasteiger partial charge in [-0.1, -0.05) is 0 Å². The topological polar surface area (TPSA) is 133 Å². The van der Waals surface area contributed by atoms with E-state index in [-0.39, 0.29) is 17.0 Å². The minimum Gasteiger partial charge on any atom is -0.490 e. The summed E-state index contributed by atoms with van der Waals surface area (Å²) in [4.78, 5) is 38.8. The monoisotopic (exact) mass is 448 g/mol. The van der Waals surface area contributed by atoms with Crippen LogP contribution >= 0.6 is 0 Å². The first-order valence-corrected chi connectivity index (χ1v) is 9.87. The van der Waals surface area contributed by atoms with Crippen molar-refractivity contribution in [3.63, 3.8) is 0 Å². The number of non-ortho nitro benzene ring substituents is 1. The first-order chi connectivity index (χ1) is 15.9. The third-order valence-electron chi connectivity index (χ3n) is 4.34. The third-order valence-corrected chi connectivity index (χ3v) is 4.34. The van der Waals surface area contributed by atoms with Crippen LogP contribution in [0.25, 0.3) is 0 Å². The molecule has 0 fully saturated rings. The summed E-state index contributed by atoms with van der Waals surface area (Å²) in [6.45, 7) is 3.92. The summed E-state index contributed by atoms with van der Waals surface area (Å²) in [5, 5.41) is 14.7. The molecule has 0 atom stereocenters. The van der Waals surface area contributed by atoms with Gasteiger partial charge in [-0.2, -0.15) is 5.10 Å². The first-order valence-electron chi connectivity index (χ1n) is 9.87. The minimum absolute atomic E-state index is 0.129. The van der Waals surface area contributed by atoms with Crippen molar-refractivity contribution in [3.8, 4) is 11.5 Å². The molecule has 10 nitrogen and oxygen atoms in total. The smallest absolute Gasteiger partial charge is 0.343 e. The number of hydrogen-bond acceptors (Lipinski definition) is 8. The van der Waals surface area contributed by atoms with E-state index in [1.165, 1.54) is 42.7 Å². The van der Waals surface area contributed by atoms with Crippen molar-refractivity contribution in [2.75, 3.05) is 6.61 Å². The normalized spacial score (nSPS) is 10.6. The Morgan fingerprint density at radius 1 is 1.09 bits per heavy atom. The lowest BCUT2D eigenvalue weighted by Crippen LogP contribution is -2.17. The maximum atomic E-state index is 12.4. The number of carbonyl (C=O) groups excluding carboxylic acids is 2. The Morgan fingerprint density at radius 3 is 2.45 bits per heavy atom. The molecule has 1 N–H and O–H groups in total. The molecule has 0 bridgehead atoms. The molecule has 3 aromatic rings. The van der Waals surface area contributed by atoms with Crippen molar-refractivity contribution in [2.45, 2.75) is 13.8 Å². The highest BCUT2D eigenvalue weighted by atomic mass is 16.6. The number of nitrogens with one attached hydrogen (secondary N) is 1. The van der Waals surface area contributed by atoms with Gasteiger partial charge in [0, 0.05) is 24.0 Å². The van der Waals surface area contributed by atoms with Gasteiger partial charge in [0.05, 0.1) is 28.9 Å². The van der Waals surface area contributed by atoms with Crippen LogP contribution in [0.5, 0.6) is 11.5 Å².